The molecule has 1 aliphatic rings. The maximum absolute atomic E-state index is 11.1. The van der Waals surface area contributed by atoms with Crippen molar-refractivity contribution in [3.63, 3.8) is 0 Å². The molecule has 0 radical (unpaired) electrons. The number of nitrogens with two attached hydrogens (primary N) is 1. The van der Waals surface area contributed by atoms with Crippen LogP contribution in [-0.4, -0.2) is 46.7 Å². The van der Waals surface area contributed by atoms with Crippen LogP contribution in [0.15, 0.2) is 12.3 Å². The Labute approximate surface area is 88.0 Å². The van der Waals surface area contributed by atoms with Crippen molar-refractivity contribution in [2.45, 2.75) is 18.9 Å². The Morgan fingerprint density at radius 1 is 1.47 bits per heavy atom. The lowest BCUT2D eigenvalue weighted by Crippen LogP contribution is -2.42. The van der Waals surface area contributed by atoms with Crippen molar-refractivity contribution < 1.29 is 19.8 Å². The summed E-state index contributed by atoms with van der Waals surface area (Å²) in [6.45, 7) is 3.97. The van der Waals surface area contributed by atoms with Crippen LogP contribution >= 0.6 is 0 Å². The van der Waals surface area contributed by atoms with Gasteiger partial charge in [0.25, 0.3) is 0 Å². The molecule has 1 fully saturated rings. The van der Waals surface area contributed by atoms with Crippen LogP contribution in [-0.2, 0) is 9.59 Å². The quantitative estimate of drug-likeness (QED) is 0.495. The van der Waals surface area contributed by atoms with Crippen molar-refractivity contribution >= 4 is 11.9 Å². The molecule has 0 bridgehead atoms. The summed E-state index contributed by atoms with van der Waals surface area (Å²) >= 11 is 0. The van der Waals surface area contributed by atoms with Crippen LogP contribution in [0.3, 0.4) is 0 Å². The normalized spacial score (nSPS) is 19.1. The zero-order valence-corrected chi connectivity index (χ0v) is 8.64. The number of rotatable bonds is 1. The van der Waals surface area contributed by atoms with Gasteiger partial charge in [-0.25, -0.2) is 4.79 Å². The van der Waals surface area contributed by atoms with Crippen LogP contribution in [0.5, 0.6) is 0 Å². The third-order valence-corrected chi connectivity index (χ3v) is 2.12. The highest BCUT2D eigenvalue weighted by atomic mass is 16.4. The first-order chi connectivity index (χ1) is 7.04. The minimum Gasteiger partial charge on any atom is -0.474 e. The Balaban J connectivity index is 0.000000921. The number of nitrogens with zero attached hydrogens (tertiary/aromatic N) is 1. The van der Waals surface area contributed by atoms with Gasteiger partial charge in [-0.15, -0.1) is 0 Å². The molecule has 15 heavy (non-hydrogen) atoms. The van der Waals surface area contributed by atoms with Crippen LogP contribution in [0.25, 0.3) is 0 Å². The molecule has 4 N–H and O–H groups in total. The van der Waals surface area contributed by atoms with E-state index in [1.54, 1.807) is 0 Å². The summed E-state index contributed by atoms with van der Waals surface area (Å²) in [5.74, 6) is -2.33. The van der Waals surface area contributed by atoms with Gasteiger partial charge in [-0.05, 0) is 12.8 Å². The molecule has 86 valence electrons. The Hall–Kier alpha value is -1.56. The number of aliphatic hydroxyl groups is 1. The van der Waals surface area contributed by atoms with E-state index in [1.165, 1.54) is 4.90 Å². The number of carbonyl (C=O) groups excluding carboxylic acids is 1. The van der Waals surface area contributed by atoms with Gasteiger partial charge in [-0.3, -0.25) is 4.79 Å². The molecular weight excluding hydrogens is 200 g/mol. The number of aliphatic hydroxyl groups excluding tert-OH is 1. The molecule has 0 aliphatic carbocycles. The van der Waals surface area contributed by atoms with Gasteiger partial charge in [0.2, 0.25) is 0 Å². The Morgan fingerprint density at radius 3 is 2.40 bits per heavy atom. The maximum atomic E-state index is 11.1. The van der Waals surface area contributed by atoms with E-state index in [1.807, 2.05) is 0 Å². The smallest absolute Gasteiger partial charge is 0.394 e. The summed E-state index contributed by atoms with van der Waals surface area (Å²) in [7, 11) is 1.00. The van der Waals surface area contributed by atoms with Crippen LogP contribution in [0.4, 0.5) is 0 Å². The van der Waals surface area contributed by atoms with E-state index >= 15 is 0 Å². The third kappa shape index (κ3) is 3.25. The number of carbonyl (C=O) groups is 2. The first kappa shape index (κ1) is 13.4. The molecule has 1 heterocycles. The predicted octanol–water partition coefficient (Wildman–Crippen LogP) is -0.857. The van der Waals surface area contributed by atoms with E-state index in [9.17, 15) is 9.59 Å². The largest absolute Gasteiger partial charge is 0.474 e. The lowest BCUT2D eigenvalue weighted by atomic mass is 10.2. The van der Waals surface area contributed by atoms with Crippen LogP contribution in [0.1, 0.15) is 12.8 Å². The van der Waals surface area contributed by atoms with E-state index in [0.29, 0.717) is 18.7 Å². The number of aliphatic carboxylic acids is 1. The van der Waals surface area contributed by atoms with Crippen LogP contribution in [0.2, 0.25) is 0 Å². The number of hydrogen-bond donors (Lipinski definition) is 3. The summed E-state index contributed by atoms with van der Waals surface area (Å²) in [5, 5.41) is 15.5. The molecule has 0 saturated carbocycles. The second-order valence-electron chi connectivity index (χ2n) is 3.04. The molecule has 1 aliphatic heterocycles. The summed E-state index contributed by atoms with van der Waals surface area (Å²) < 4.78 is 0. The zero-order chi connectivity index (χ0) is 12.0. The van der Waals surface area contributed by atoms with E-state index < -0.39 is 11.9 Å². The second-order valence-corrected chi connectivity index (χ2v) is 3.04. The van der Waals surface area contributed by atoms with E-state index in [4.69, 9.17) is 15.9 Å². The number of hydrogen-bond acceptors (Lipinski definition) is 4. The van der Waals surface area contributed by atoms with Crippen molar-refractivity contribution in [2.24, 2.45) is 5.73 Å². The minimum atomic E-state index is -1.44. The minimum absolute atomic E-state index is 0.302. The number of likely N-dealkylation sites (tertiary alicyclic amines) is 1. The average Bonchev–Trinajstić information content (AvgIpc) is 2.68. The van der Waals surface area contributed by atoms with Crippen LogP contribution in [0, 0.1) is 0 Å². The van der Waals surface area contributed by atoms with Crippen molar-refractivity contribution in [1.29, 1.82) is 0 Å². The van der Waals surface area contributed by atoms with Gasteiger partial charge in [-0.2, -0.15) is 0 Å². The van der Waals surface area contributed by atoms with Gasteiger partial charge in [0, 0.05) is 19.4 Å². The molecule has 0 aromatic rings. The third-order valence-electron chi connectivity index (χ3n) is 2.12. The number of amides is 1. The van der Waals surface area contributed by atoms with Gasteiger partial charge >= 0.3 is 11.9 Å². The highest BCUT2D eigenvalue weighted by molar-refractivity contribution is 6.31. The van der Waals surface area contributed by atoms with Gasteiger partial charge in [0.05, 0.1) is 6.04 Å². The standard InChI is InChI=1S/C8H12N2O3.CH4O/c1-5(9)6-3-2-4-10(6)7(11)8(12)13;1-2/h6H,1-4,9H2,(H,12,13);2H,1H3. The summed E-state index contributed by atoms with van der Waals surface area (Å²) in [6, 6.07) is -0.302. The molecule has 1 saturated heterocycles. The lowest BCUT2D eigenvalue weighted by Gasteiger charge is -2.22. The highest BCUT2D eigenvalue weighted by Crippen LogP contribution is 2.20. The number of carboxylic acid groups (broad SMARTS) is 1. The van der Waals surface area contributed by atoms with E-state index in [2.05, 4.69) is 6.58 Å². The number of carboxylic acids is 1. The van der Waals surface area contributed by atoms with Gasteiger partial charge in [0.15, 0.2) is 0 Å². The molecule has 0 aromatic carbocycles. The van der Waals surface area contributed by atoms with Crippen LogP contribution < -0.4 is 5.73 Å². The molecule has 1 amide bonds. The topological polar surface area (TPSA) is 104 Å². The fourth-order valence-electron chi connectivity index (χ4n) is 1.52. The van der Waals surface area contributed by atoms with E-state index in [0.717, 1.165) is 13.5 Å². The summed E-state index contributed by atoms with van der Waals surface area (Å²) in [5.41, 5.74) is 5.80. The molecule has 0 aromatic heterocycles. The fourth-order valence-corrected chi connectivity index (χ4v) is 1.52. The van der Waals surface area contributed by atoms with Crippen molar-refractivity contribution in [3.05, 3.63) is 12.3 Å². The first-order valence-electron chi connectivity index (χ1n) is 4.47. The van der Waals surface area contributed by atoms with Gasteiger partial charge < -0.3 is 20.8 Å². The Morgan fingerprint density at radius 2 is 2.00 bits per heavy atom. The van der Waals surface area contributed by atoms with Gasteiger partial charge in [-0.1, -0.05) is 6.58 Å². The predicted molar refractivity (Wildman–Crippen MR) is 53.8 cm³/mol. The van der Waals surface area contributed by atoms with E-state index in [-0.39, 0.29) is 6.04 Å². The Bertz CT molecular complexity index is 265. The van der Waals surface area contributed by atoms with Gasteiger partial charge in [0.1, 0.15) is 0 Å². The highest BCUT2D eigenvalue weighted by Gasteiger charge is 2.32. The second kappa shape index (κ2) is 6.02. The molecule has 6 heteroatoms. The Kier molecular flexibility index (Phi) is 5.40. The van der Waals surface area contributed by atoms with Crippen molar-refractivity contribution in [3.8, 4) is 0 Å². The molecule has 1 unspecified atom stereocenters. The first-order valence-corrected chi connectivity index (χ1v) is 4.47. The molecule has 6 nitrogen and oxygen atoms in total. The zero-order valence-electron chi connectivity index (χ0n) is 8.64. The van der Waals surface area contributed by atoms with Crippen molar-refractivity contribution in [1.82, 2.24) is 4.90 Å². The monoisotopic (exact) mass is 216 g/mol. The fraction of sp³-hybridized carbons (Fsp3) is 0.556. The lowest BCUT2D eigenvalue weighted by molar-refractivity contribution is -0.156. The molecule has 1 atom stereocenters. The molecule has 1 rings (SSSR count). The molecule has 0 spiro atoms. The summed E-state index contributed by atoms with van der Waals surface area (Å²) in [6.07, 6.45) is 1.48. The average molecular weight is 216 g/mol. The molecular formula is C9H16N2O4. The maximum Gasteiger partial charge on any atom is 0.394 e. The van der Waals surface area contributed by atoms with Crippen molar-refractivity contribution in [2.75, 3.05) is 13.7 Å². The SMILES string of the molecule is C=C(N)C1CCCN1C(=O)C(=O)O.CO. The summed E-state index contributed by atoms with van der Waals surface area (Å²) in [4.78, 5) is 22.7.